The fourth-order valence-electron chi connectivity index (χ4n) is 1.74. The summed E-state index contributed by atoms with van der Waals surface area (Å²) in [6.45, 7) is 2.48. The summed E-state index contributed by atoms with van der Waals surface area (Å²) in [4.78, 5) is 10.1. The summed E-state index contributed by atoms with van der Waals surface area (Å²) in [5, 5.41) is 18.9. The third-order valence-corrected chi connectivity index (χ3v) is 2.56. The zero-order chi connectivity index (χ0) is 11.7. The highest BCUT2D eigenvalue weighted by molar-refractivity contribution is 5.49. The van der Waals surface area contributed by atoms with E-state index in [1.165, 1.54) is 0 Å². The third-order valence-electron chi connectivity index (χ3n) is 2.56. The normalized spacial score (nSPS) is 24.9. The van der Waals surface area contributed by atoms with Crippen LogP contribution in [0.1, 0.15) is 5.82 Å². The molecule has 0 bridgehead atoms. The molecule has 1 saturated heterocycles. The van der Waals surface area contributed by atoms with Crippen LogP contribution in [-0.2, 0) is 0 Å². The van der Waals surface area contributed by atoms with Gasteiger partial charge in [-0.2, -0.15) is 0 Å². The van der Waals surface area contributed by atoms with E-state index in [2.05, 4.69) is 15.4 Å². The molecule has 0 aliphatic carbocycles. The second kappa shape index (κ2) is 4.20. The van der Waals surface area contributed by atoms with E-state index in [0.717, 1.165) is 0 Å². The first kappa shape index (κ1) is 11.1. The van der Waals surface area contributed by atoms with Crippen molar-refractivity contribution in [3.63, 3.8) is 0 Å². The standard InChI is InChI=1S/C9H15N5O2/c1-5-11-8(13-10)2-9(12-5)14-3-6(15)7(16)4-14/h2,6-7,15-16H,3-4,10H2,1H3,(H,11,12,13). The van der Waals surface area contributed by atoms with Crippen LogP contribution in [0.2, 0.25) is 0 Å². The number of nitrogens with two attached hydrogens (primary N) is 1. The first-order valence-electron chi connectivity index (χ1n) is 5.03. The zero-order valence-electron chi connectivity index (χ0n) is 8.96. The molecule has 0 aromatic carbocycles. The minimum atomic E-state index is -0.732. The van der Waals surface area contributed by atoms with Crippen LogP contribution < -0.4 is 16.2 Å². The number of nitrogens with one attached hydrogen (secondary N) is 1. The minimum Gasteiger partial charge on any atom is -0.389 e. The molecule has 1 aliphatic rings. The van der Waals surface area contributed by atoms with E-state index in [-0.39, 0.29) is 0 Å². The summed E-state index contributed by atoms with van der Waals surface area (Å²) in [7, 11) is 0. The fourth-order valence-corrected chi connectivity index (χ4v) is 1.74. The number of aryl methyl sites for hydroxylation is 1. The van der Waals surface area contributed by atoms with Gasteiger partial charge in [-0.15, -0.1) is 0 Å². The minimum absolute atomic E-state index is 0.363. The Bertz CT molecular complexity index is 376. The van der Waals surface area contributed by atoms with Gasteiger partial charge >= 0.3 is 0 Å². The van der Waals surface area contributed by atoms with Gasteiger partial charge in [0.15, 0.2) is 0 Å². The molecule has 5 N–H and O–H groups in total. The van der Waals surface area contributed by atoms with Crippen LogP contribution in [0.25, 0.3) is 0 Å². The number of hydrazine groups is 1. The predicted molar refractivity (Wildman–Crippen MR) is 58.8 cm³/mol. The van der Waals surface area contributed by atoms with Crippen molar-refractivity contribution in [2.75, 3.05) is 23.4 Å². The number of hydrogen-bond acceptors (Lipinski definition) is 7. The molecule has 0 spiro atoms. The van der Waals surface area contributed by atoms with Crippen LogP contribution >= 0.6 is 0 Å². The summed E-state index contributed by atoms with van der Waals surface area (Å²) < 4.78 is 0. The lowest BCUT2D eigenvalue weighted by atomic mass is 10.3. The van der Waals surface area contributed by atoms with E-state index in [9.17, 15) is 10.2 Å². The number of anilines is 2. The Morgan fingerprint density at radius 2 is 2.00 bits per heavy atom. The second-order valence-electron chi connectivity index (χ2n) is 3.84. The van der Waals surface area contributed by atoms with Gasteiger partial charge in [0.05, 0.1) is 12.2 Å². The molecule has 2 rings (SSSR count). The highest BCUT2D eigenvalue weighted by Gasteiger charge is 2.30. The number of hydrogen-bond donors (Lipinski definition) is 4. The Morgan fingerprint density at radius 1 is 1.38 bits per heavy atom. The van der Waals surface area contributed by atoms with Gasteiger partial charge in [-0.3, -0.25) is 0 Å². The van der Waals surface area contributed by atoms with Crippen molar-refractivity contribution in [2.45, 2.75) is 19.1 Å². The van der Waals surface area contributed by atoms with Crippen molar-refractivity contribution in [1.82, 2.24) is 9.97 Å². The lowest BCUT2D eigenvalue weighted by Gasteiger charge is -2.17. The van der Waals surface area contributed by atoms with Crippen molar-refractivity contribution < 1.29 is 10.2 Å². The lowest BCUT2D eigenvalue weighted by Crippen LogP contribution is -2.23. The number of aliphatic hydroxyl groups excluding tert-OH is 2. The smallest absolute Gasteiger partial charge is 0.145 e. The number of β-amino-alcohol motifs (C(OH)–C–C–N with tert-alkyl or cyclic N) is 2. The molecular weight excluding hydrogens is 210 g/mol. The van der Waals surface area contributed by atoms with Crippen LogP contribution in [0.4, 0.5) is 11.6 Å². The molecule has 0 amide bonds. The maximum absolute atomic E-state index is 9.45. The van der Waals surface area contributed by atoms with Crippen LogP contribution in [0.15, 0.2) is 6.07 Å². The monoisotopic (exact) mass is 225 g/mol. The Kier molecular flexibility index (Phi) is 2.90. The average Bonchev–Trinajstić information content (AvgIpc) is 2.58. The average molecular weight is 225 g/mol. The highest BCUT2D eigenvalue weighted by atomic mass is 16.3. The number of nitrogen functional groups attached to an aromatic ring is 1. The zero-order valence-corrected chi connectivity index (χ0v) is 8.96. The molecule has 1 aliphatic heterocycles. The molecule has 0 saturated carbocycles. The van der Waals surface area contributed by atoms with E-state index in [1.807, 2.05) is 0 Å². The largest absolute Gasteiger partial charge is 0.389 e. The number of rotatable bonds is 2. The second-order valence-corrected chi connectivity index (χ2v) is 3.84. The van der Waals surface area contributed by atoms with Gasteiger partial charge in [-0.1, -0.05) is 0 Å². The van der Waals surface area contributed by atoms with Crippen LogP contribution in [-0.4, -0.2) is 45.5 Å². The van der Waals surface area contributed by atoms with E-state index >= 15 is 0 Å². The van der Waals surface area contributed by atoms with Gasteiger partial charge in [0.2, 0.25) is 0 Å². The van der Waals surface area contributed by atoms with E-state index in [1.54, 1.807) is 17.9 Å². The maximum Gasteiger partial charge on any atom is 0.145 e. The molecule has 0 radical (unpaired) electrons. The highest BCUT2D eigenvalue weighted by Crippen LogP contribution is 2.20. The molecule has 88 valence electrons. The fraction of sp³-hybridized carbons (Fsp3) is 0.556. The van der Waals surface area contributed by atoms with Crippen LogP contribution in [0, 0.1) is 6.92 Å². The summed E-state index contributed by atoms with van der Waals surface area (Å²) in [5.74, 6) is 7.03. The van der Waals surface area contributed by atoms with E-state index < -0.39 is 12.2 Å². The number of aliphatic hydroxyl groups is 2. The van der Waals surface area contributed by atoms with E-state index in [0.29, 0.717) is 30.5 Å². The predicted octanol–water partition coefficient (Wildman–Crippen LogP) is -1.39. The molecule has 2 unspecified atom stereocenters. The molecule has 1 aromatic rings. The van der Waals surface area contributed by atoms with Gasteiger partial charge in [-0.25, -0.2) is 15.8 Å². The first-order chi connectivity index (χ1) is 7.60. The molecule has 1 aromatic heterocycles. The first-order valence-corrected chi connectivity index (χ1v) is 5.03. The Balaban J connectivity index is 2.24. The SMILES string of the molecule is Cc1nc(NN)cc(N2CC(O)C(O)C2)n1. The van der Waals surface area contributed by atoms with Crippen molar-refractivity contribution in [3.8, 4) is 0 Å². The Morgan fingerprint density at radius 3 is 2.56 bits per heavy atom. The van der Waals surface area contributed by atoms with E-state index in [4.69, 9.17) is 5.84 Å². The Labute approximate surface area is 92.9 Å². The van der Waals surface area contributed by atoms with Gasteiger partial charge in [0, 0.05) is 19.2 Å². The summed E-state index contributed by atoms with van der Waals surface area (Å²) >= 11 is 0. The molecular formula is C9H15N5O2. The van der Waals surface area contributed by atoms with Gasteiger partial charge < -0.3 is 20.5 Å². The quantitative estimate of drug-likeness (QED) is 0.362. The molecule has 1 fully saturated rings. The number of aromatic nitrogens is 2. The van der Waals surface area contributed by atoms with Gasteiger partial charge in [0.1, 0.15) is 17.5 Å². The van der Waals surface area contributed by atoms with Crippen molar-refractivity contribution >= 4 is 11.6 Å². The third kappa shape index (κ3) is 2.06. The molecule has 7 heteroatoms. The summed E-state index contributed by atoms with van der Waals surface area (Å²) in [6, 6.07) is 1.68. The Hall–Kier alpha value is -1.44. The molecule has 2 heterocycles. The summed E-state index contributed by atoms with van der Waals surface area (Å²) in [6.07, 6.45) is -1.46. The lowest BCUT2D eigenvalue weighted by molar-refractivity contribution is 0.0572. The van der Waals surface area contributed by atoms with Crippen LogP contribution in [0.3, 0.4) is 0 Å². The van der Waals surface area contributed by atoms with Crippen molar-refractivity contribution in [3.05, 3.63) is 11.9 Å². The van der Waals surface area contributed by atoms with Gasteiger partial charge in [0.25, 0.3) is 0 Å². The van der Waals surface area contributed by atoms with Crippen molar-refractivity contribution in [1.29, 1.82) is 0 Å². The maximum atomic E-state index is 9.45. The molecule has 7 nitrogen and oxygen atoms in total. The molecule has 2 atom stereocenters. The van der Waals surface area contributed by atoms with Crippen molar-refractivity contribution in [2.24, 2.45) is 5.84 Å². The van der Waals surface area contributed by atoms with Gasteiger partial charge in [-0.05, 0) is 6.92 Å². The van der Waals surface area contributed by atoms with Crippen LogP contribution in [0.5, 0.6) is 0 Å². The molecule has 16 heavy (non-hydrogen) atoms. The summed E-state index contributed by atoms with van der Waals surface area (Å²) in [5.41, 5.74) is 2.45. The number of nitrogens with zero attached hydrogens (tertiary/aromatic N) is 3. The topological polar surface area (TPSA) is 108 Å².